The summed E-state index contributed by atoms with van der Waals surface area (Å²) >= 11 is 0. The van der Waals surface area contributed by atoms with Crippen LogP contribution in [0.4, 0.5) is 0 Å². The van der Waals surface area contributed by atoms with Crippen molar-refractivity contribution in [1.29, 1.82) is 0 Å². The second-order valence-electron chi connectivity index (χ2n) is 6.64. The first-order valence-electron chi connectivity index (χ1n) is 8.77. The lowest BCUT2D eigenvalue weighted by Gasteiger charge is -2.07. The molecule has 4 rings (SSSR count). The van der Waals surface area contributed by atoms with Gasteiger partial charge in [-0.05, 0) is 42.3 Å². The van der Waals surface area contributed by atoms with E-state index in [2.05, 4.69) is 41.2 Å². The maximum absolute atomic E-state index is 11.9. The normalized spacial score (nSPS) is 12.1. The van der Waals surface area contributed by atoms with Crippen LogP contribution in [-0.2, 0) is 10.0 Å². The quantitative estimate of drug-likeness (QED) is 0.544. The van der Waals surface area contributed by atoms with E-state index < -0.39 is 10.0 Å². The first kappa shape index (κ1) is 18.2. The topological polar surface area (TPSA) is 88.8 Å². The Morgan fingerprint density at radius 1 is 0.964 bits per heavy atom. The zero-order chi connectivity index (χ0) is 19.7. The predicted molar refractivity (Wildman–Crippen MR) is 113 cm³/mol. The molecule has 3 aromatic carbocycles. The van der Waals surface area contributed by atoms with E-state index in [9.17, 15) is 8.42 Å². The zero-order valence-electron chi connectivity index (χ0n) is 15.3. The van der Waals surface area contributed by atoms with Crippen molar-refractivity contribution < 1.29 is 8.42 Å². The van der Waals surface area contributed by atoms with Crippen LogP contribution in [-0.4, -0.2) is 18.4 Å². The van der Waals surface area contributed by atoms with Crippen LogP contribution in [0, 0.1) is 6.92 Å². The predicted octanol–water partition coefficient (Wildman–Crippen LogP) is 4.36. The molecule has 6 heteroatoms. The molecule has 0 spiro atoms. The van der Waals surface area contributed by atoms with Crippen LogP contribution in [0.2, 0.25) is 0 Å². The molecular weight excluding hydrogens is 370 g/mol. The van der Waals surface area contributed by atoms with Gasteiger partial charge in [-0.25, -0.2) is 18.5 Å². The fraction of sp³-hybridized carbons (Fsp3) is 0.0455. The van der Waals surface area contributed by atoms with Crippen molar-refractivity contribution in [2.45, 2.75) is 11.8 Å². The number of nitrogens with zero attached hydrogens (tertiary/aromatic N) is 1. The van der Waals surface area contributed by atoms with Crippen molar-refractivity contribution in [1.82, 2.24) is 9.97 Å². The lowest BCUT2D eigenvalue weighted by atomic mass is 10.1. The number of hydrogen-bond acceptors (Lipinski definition) is 3. The number of sulfonamides is 1. The lowest BCUT2D eigenvalue weighted by Crippen LogP contribution is -2.13. The number of rotatable bonds is 4. The monoisotopic (exact) mass is 389 g/mol. The number of fused-ring (bicyclic) bond motifs is 1. The number of imidazole rings is 1. The molecule has 0 aliphatic heterocycles. The molecule has 1 aromatic heterocycles. The van der Waals surface area contributed by atoms with Crippen LogP contribution in [0.25, 0.3) is 34.3 Å². The van der Waals surface area contributed by atoms with Gasteiger partial charge in [0.25, 0.3) is 0 Å². The smallest absolute Gasteiger partial charge is 0.238 e. The van der Waals surface area contributed by atoms with Crippen LogP contribution in [0.15, 0.2) is 71.6 Å². The van der Waals surface area contributed by atoms with Crippen molar-refractivity contribution in [2.75, 3.05) is 0 Å². The summed E-state index contributed by atoms with van der Waals surface area (Å²) in [6, 6.07) is 20.5. The number of primary sulfonamides is 1. The van der Waals surface area contributed by atoms with Gasteiger partial charge in [0.2, 0.25) is 10.0 Å². The van der Waals surface area contributed by atoms with Crippen molar-refractivity contribution >= 4 is 33.2 Å². The highest BCUT2D eigenvalue weighted by Crippen LogP contribution is 2.28. The molecule has 4 aromatic rings. The molecule has 0 aliphatic carbocycles. The van der Waals surface area contributed by atoms with E-state index in [1.807, 2.05) is 30.4 Å². The van der Waals surface area contributed by atoms with E-state index in [1.54, 1.807) is 18.2 Å². The number of nitrogens with one attached hydrogen (secondary N) is 1. The zero-order valence-corrected chi connectivity index (χ0v) is 16.1. The molecule has 28 heavy (non-hydrogen) atoms. The van der Waals surface area contributed by atoms with Crippen molar-refractivity contribution in [3.05, 3.63) is 83.7 Å². The first-order valence-corrected chi connectivity index (χ1v) is 10.3. The minimum Gasteiger partial charge on any atom is -0.338 e. The van der Waals surface area contributed by atoms with Crippen LogP contribution in [0.5, 0.6) is 0 Å². The largest absolute Gasteiger partial charge is 0.338 e. The van der Waals surface area contributed by atoms with Crippen LogP contribution >= 0.6 is 0 Å². The highest BCUT2D eigenvalue weighted by atomic mass is 32.2. The first-order chi connectivity index (χ1) is 13.4. The Morgan fingerprint density at radius 2 is 1.71 bits per heavy atom. The van der Waals surface area contributed by atoms with Gasteiger partial charge in [-0.1, -0.05) is 60.2 Å². The van der Waals surface area contributed by atoms with Gasteiger partial charge in [0.05, 0.1) is 15.9 Å². The molecule has 0 atom stereocenters. The maximum atomic E-state index is 11.9. The van der Waals surface area contributed by atoms with Crippen LogP contribution in [0.1, 0.15) is 17.0 Å². The molecule has 0 unspecified atom stereocenters. The van der Waals surface area contributed by atoms with E-state index in [-0.39, 0.29) is 4.90 Å². The highest BCUT2D eigenvalue weighted by Gasteiger charge is 2.15. The average molecular weight is 389 g/mol. The van der Waals surface area contributed by atoms with Crippen LogP contribution in [0.3, 0.4) is 0 Å². The Balaban J connectivity index is 1.71. The summed E-state index contributed by atoms with van der Waals surface area (Å²) in [6.07, 6.45) is 3.91. The summed E-state index contributed by atoms with van der Waals surface area (Å²) in [5, 5.41) is 5.36. The minimum absolute atomic E-state index is 0.105. The number of hydrogen-bond donors (Lipinski definition) is 2. The van der Waals surface area contributed by atoms with E-state index in [4.69, 9.17) is 5.14 Å². The fourth-order valence-electron chi connectivity index (χ4n) is 3.08. The third-order valence-electron chi connectivity index (χ3n) is 4.52. The van der Waals surface area contributed by atoms with Gasteiger partial charge in [0.15, 0.2) is 0 Å². The van der Waals surface area contributed by atoms with E-state index >= 15 is 0 Å². The molecule has 5 nitrogen and oxygen atoms in total. The van der Waals surface area contributed by atoms with Gasteiger partial charge >= 0.3 is 0 Å². The highest BCUT2D eigenvalue weighted by molar-refractivity contribution is 7.89. The third-order valence-corrected chi connectivity index (χ3v) is 5.48. The summed E-state index contributed by atoms with van der Waals surface area (Å²) in [5.41, 5.74) is 5.26. The van der Waals surface area contributed by atoms with Gasteiger partial charge < -0.3 is 4.98 Å². The number of aromatic nitrogens is 2. The summed E-state index contributed by atoms with van der Waals surface area (Å²) in [4.78, 5) is 7.94. The van der Waals surface area contributed by atoms with Gasteiger partial charge in [0, 0.05) is 5.56 Å². The van der Waals surface area contributed by atoms with Gasteiger partial charge in [-0.3, -0.25) is 0 Å². The molecule has 140 valence electrons. The Bertz CT molecular complexity index is 1290. The molecule has 1 heterocycles. The molecule has 0 saturated heterocycles. The molecule has 3 N–H and O–H groups in total. The van der Waals surface area contributed by atoms with Gasteiger partial charge in [0.1, 0.15) is 5.82 Å². The SMILES string of the molecule is Cc1ccc(/C=C/c2nc3ccc(-c4ccccc4S(N)(=O)=O)cc3[nH]2)cc1. The van der Waals surface area contributed by atoms with Gasteiger partial charge in [-0.15, -0.1) is 0 Å². The molecule has 0 aliphatic rings. The average Bonchev–Trinajstić information content (AvgIpc) is 3.09. The summed E-state index contributed by atoms with van der Waals surface area (Å²) in [7, 11) is -3.81. The summed E-state index contributed by atoms with van der Waals surface area (Å²) < 4.78 is 23.8. The maximum Gasteiger partial charge on any atom is 0.238 e. The van der Waals surface area contributed by atoms with Crippen molar-refractivity contribution in [3.8, 4) is 11.1 Å². The Labute approximate surface area is 163 Å². The fourth-order valence-corrected chi connectivity index (χ4v) is 3.84. The molecular formula is C22H19N3O2S. The molecule has 0 radical (unpaired) electrons. The minimum atomic E-state index is -3.81. The number of H-pyrrole nitrogens is 1. The van der Waals surface area contributed by atoms with Crippen molar-refractivity contribution in [2.24, 2.45) is 5.14 Å². The number of aromatic amines is 1. The van der Waals surface area contributed by atoms with E-state index in [1.165, 1.54) is 11.6 Å². The van der Waals surface area contributed by atoms with Crippen LogP contribution < -0.4 is 5.14 Å². The number of aryl methyl sites for hydroxylation is 1. The summed E-state index contributed by atoms with van der Waals surface area (Å²) in [5.74, 6) is 0.729. The van der Waals surface area contributed by atoms with Crippen molar-refractivity contribution in [3.63, 3.8) is 0 Å². The molecule has 0 amide bonds. The Morgan fingerprint density at radius 3 is 2.46 bits per heavy atom. The standard InChI is InChI=1S/C22H19N3O2S/c1-15-6-8-16(9-7-15)10-13-22-24-19-12-11-17(14-20(19)25-22)18-4-2-3-5-21(18)28(23,26)27/h2-14H,1H3,(H,24,25)(H2,23,26,27)/b13-10+. The second kappa shape index (κ2) is 7.07. The Kier molecular flexibility index (Phi) is 4.58. The second-order valence-corrected chi connectivity index (χ2v) is 8.17. The Hall–Kier alpha value is -3.22. The molecule has 0 fully saturated rings. The number of nitrogens with two attached hydrogens (primary N) is 1. The molecule has 0 bridgehead atoms. The van der Waals surface area contributed by atoms with Gasteiger partial charge in [-0.2, -0.15) is 0 Å². The van der Waals surface area contributed by atoms with E-state index in [0.29, 0.717) is 5.56 Å². The lowest BCUT2D eigenvalue weighted by molar-refractivity contribution is 0.598. The molecule has 0 saturated carbocycles. The summed E-state index contributed by atoms with van der Waals surface area (Å²) in [6.45, 7) is 2.05. The number of benzene rings is 3. The third kappa shape index (κ3) is 3.74. The van der Waals surface area contributed by atoms with E-state index in [0.717, 1.165) is 28.0 Å².